The number of nitrogens with one attached hydrogen (secondary N) is 1. The first-order valence-electron chi connectivity index (χ1n) is 6.22. The van der Waals surface area contributed by atoms with Gasteiger partial charge in [-0.1, -0.05) is 13.8 Å². The van der Waals surface area contributed by atoms with Gasteiger partial charge < -0.3 is 5.32 Å². The zero-order valence-electron chi connectivity index (χ0n) is 11.3. The van der Waals surface area contributed by atoms with Gasteiger partial charge in [0.25, 0.3) is 0 Å². The SMILES string of the molecule is Cc1nc(-c2cccnc2)sc1CNC(=O)C(C)C. The van der Waals surface area contributed by atoms with E-state index in [-0.39, 0.29) is 11.8 Å². The van der Waals surface area contributed by atoms with Crippen molar-refractivity contribution in [3.05, 3.63) is 35.1 Å². The van der Waals surface area contributed by atoms with Gasteiger partial charge in [0.05, 0.1) is 12.2 Å². The van der Waals surface area contributed by atoms with E-state index in [0.717, 1.165) is 21.1 Å². The Hall–Kier alpha value is -1.75. The van der Waals surface area contributed by atoms with E-state index in [1.165, 1.54) is 0 Å². The van der Waals surface area contributed by atoms with Crippen molar-refractivity contribution >= 4 is 17.2 Å². The highest BCUT2D eigenvalue weighted by atomic mass is 32.1. The molecule has 0 saturated heterocycles. The third-order valence-corrected chi connectivity index (χ3v) is 3.96. The van der Waals surface area contributed by atoms with E-state index in [2.05, 4.69) is 15.3 Å². The molecule has 2 aromatic rings. The molecule has 2 heterocycles. The Balaban J connectivity index is 2.12. The van der Waals surface area contributed by atoms with Gasteiger partial charge in [0.1, 0.15) is 5.01 Å². The Labute approximate surface area is 116 Å². The van der Waals surface area contributed by atoms with Crippen LogP contribution in [0.5, 0.6) is 0 Å². The molecule has 0 saturated carbocycles. The molecule has 1 N–H and O–H groups in total. The van der Waals surface area contributed by atoms with Gasteiger partial charge in [0.15, 0.2) is 0 Å². The Bertz CT molecular complexity index is 563. The van der Waals surface area contributed by atoms with Gasteiger partial charge >= 0.3 is 0 Å². The van der Waals surface area contributed by atoms with Crippen LogP contribution in [0, 0.1) is 12.8 Å². The van der Waals surface area contributed by atoms with E-state index in [4.69, 9.17) is 0 Å². The quantitative estimate of drug-likeness (QED) is 0.933. The molecule has 0 fully saturated rings. The lowest BCUT2D eigenvalue weighted by Gasteiger charge is -2.06. The van der Waals surface area contributed by atoms with Crippen LogP contribution in [0.4, 0.5) is 0 Å². The summed E-state index contributed by atoms with van der Waals surface area (Å²) in [6.07, 6.45) is 3.54. The lowest BCUT2D eigenvalue weighted by atomic mass is 10.2. The smallest absolute Gasteiger partial charge is 0.222 e. The molecule has 0 aliphatic rings. The van der Waals surface area contributed by atoms with Crippen LogP contribution in [-0.4, -0.2) is 15.9 Å². The van der Waals surface area contributed by atoms with Crippen LogP contribution in [0.15, 0.2) is 24.5 Å². The van der Waals surface area contributed by atoms with Gasteiger partial charge in [-0.3, -0.25) is 9.78 Å². The molecule has 0 aliphatic carbocycles. The molecule has 4 nitrogen and oxygen atoms in total. The minimum absolute atomic E-state index is 0.00558. The number of aromatic nitrogens is 2. The van der Waals surface area contributed by atoms with Crippen molar-refractivity contribution in [3.8, 4) is 10.6 Å². The fourth-order valence-electron chi connectivity index (χ4n) is 1.58. The summed E-state index contributed by atoms with van der Waals surface area (Å²) in [5, 5.41) is 3.86. The van der Waals surface area contributed by atoms with Crippen LogP contribution >= 0.6 is 11.3 Å². The largest absolute Gasteiger partial charge is 0.351 e. The second kappa shape index (κ2) is 5.93. The number of carbonyl (C=O) groups is 1. The molecule has 2 rings (SSSR count). The molecule has 0 spiro atoms. The van der Waals surface area contributed by atoms with Gasteiger partial charge in [-0.15, -0.1) is 11.3 Å². The molecule has 0 aliphatic heterocycles. The van der Waals surface area contributed by atoms with Crippen LogP contribution in [-0.2, 0) is 11.3 Å². The Morgan fingerprint density at radius 2 is 2.26 bits per heavy atom. The number of rotatable bonds is 4. The highest BCUT2D eigenvalue weighted by molar-refractivity contribution is 7.15. The van der Waals surface area contributed by atoms with Crippen LogP contribution in [0.3, 0.4) is 0 Å². The van der Waals surface area contributed by atoms with E-state index in [1.807, 2.05) is 32.9 Å². The van der Waals surface area contributed by atoms with Crippen LogP contribution in [0.2, 0.25) is 0 Å². The predicted molar refractivity (Wildman–Crippen MR) is 76.8 cm³/mol. The van der Waals surface area contributed by atoms with E-state index in [9.17, 15) is 4.79 Å². The van der Waals surface area contributed by atoms with Gasteiger partial charge in [-0.2, -0.15) is 0 Å². The average molecular weight is 275 g/mol. The number of aryl methyl sites for hydroxylation is 1. The first-order chi connectivity index (χ1) is 9.08. The zero-order valence-corrected chi connectivity index (χ0v) is 12.1. The Kier molecular flexibility index (Phi) is 4.27. The number of nitrogens with zero attached hydrogens (tertiary/aromatic N) is 2. The van der Waals surface area contributed by atoms with Crippen LogP contribution in [0.25, 0.3) is 10.6 Å². The van der Waals surface area contributed by atoms with Crippen LogP contribution in [0.1, 0.15) is 24.4 Å². The molecule has 2 aromatic heterocycles. The topological polar surface area (TPSA) is 54.9 Å². The first-order valence-corrected chi connectivity index (χ1v) is 7.04. The molecule has 0 aromatic carbocycles. The number of thiazole rings is 1. The molecule has 0 radical (unpaired) electrons. The molecule has 5 heteroatoms. The van der Waals surface area contributed by atoms with Crippen molar-refractivity contribution in [3.63, 3.8) is 0 Å². The van der Waals surface area contributed by atoms with Crippen LogP contribution < -0.4 is 5.32 Å². The molecular weight excluding hydrogens is 258 g/mol. The van der Waals surface area contributed by atoms with Crippen molar-refractivity contribution in [2.45, 2.75) is 27.3 Å². The summed E-state index contributed by atoms with van der Waals surface area (Å²) in [4.78, 5) is 21.3. The molecular formula is C14H17N3OS. The number of amides is 1. The second-order valence-electron chi connectivity index (χ2n) is 4.64. The molecule has 100 valence electrons. The minimum atomic E-state index is 0.00558. The molecule has 0 unspecified atom stereocenters. The molecule has 0 bridgehead atoms. The van der Waals surface area contributed by atoms with Gasteiger partial charge in [-0.05, 0) is 19.1 Å². The normalized spacial score (nSPS) is 10.7. The Morgan fingerprint density at radius 3 is 2.89 bits per heavy atom. The van der Waals surface area contributed by atoms with Crippen molar-refractivity contribution in [1.82, 2.24) is 15.3 Å². The standard InChI is InChI=1S/C14H17N3OS/c1-9(2)13(18)16-8-12-10(3)17-14(19-12)11-5-4-6-15-7-11/h4-7,9H,8H2,1-3H3,(H,16,18). The summed E-state index contributed by atoms with van der Waals surface area (Å²) in [7, 11) is 0. The maximum atomic E-state index is 11.6. The maximum absolute atomic E-state index is 11.6. The molecule has 19 heavy (non-hydrogen) atoms. The number of hydrogen-bond donors (Lipinski definition) is 1. The summed E-state index contributed by atoms with van der Waals surface area (Å²) >= 11 is 1.60. The number of pyridine rings is 1. The number of hydrogen-bond acceptors (Lipinski definition) is 4. The lowest BCUT2D eigenvalue weighted by Crippen LogP contribution is -2.26. The van der Waals surface area contributed by atoms with E-state index >= 15 is 0 Å². The summed E-state index contributed by atoms with van der Waals surface area (Å²) in [5.41, 5.74) is 1.98. The fraction of sp³-hybridized carbons (Fsp3) is 0.357. The first kappa shape index (κ1) is 13.7. The van der Waals surface area contributed by atoms with Gasteiger partial charge in [-0.25, -0.2) is 4.98 Å². The summed E-state index contributed by atoms with van der Waals surface area (Å²) < 4.78 is 0. The highest BCUT2D eigenvalue weighted by Crippen LogP contribution is 2.27. The number of carbonyl (C=O) groups excluding carboxylic acids is 1. The van der Waals surface area contributed by atoms with Crippen molar-refractivity contribution in [2.75, 3.05) is 0 Å². The summed E-state index contributed by atoms with van der Waals surface area (Å²) in [6, 6.07) is 3.88. The third kappa shape index (κ3) is 3.38. The van der Waals surface area contributed by atoms with Gasteiger partial charge in [0.2, 0.25) is 5.91 Å². The summed E-state index contributed by atoms with van der Waals surface area (Å²) in [6.45, 7) is 6.28. The van der Waals surface area contributed by atoms with E-state index in [0.29, 0.717) is 6.54 Å². The molecule has 1 amide bonds. The van der Waals surface area contributed by atoms with Crippen molar-refractivity contribution in [2.24, 2.45) is 5.92 Å². The average Bonchev–Trinajstić information content (AvgIpc) is 2.78. The monoisotopic (exact) mass is 275 g/mol. The lowest BCUT2D eigenvalue weighted by molar-refractivity contribution is -0.124. The minimum Gasteiger partial charge on any atom is -0.351 e. The molecule has 0 atom stereocenters. The van der Waals surface area contributed by atoms with E-state index < -0.39 is 0 Å². The zero-order chi connectivity index (χ0) is 13.8. The van der Waals surface area contributed by atoms with Crippen molar-refractivity contribution < 1.29 is 4.79 Å². The summed E-state index contributed by atoms with van der Waals surface area (Å²) in [5.74, 6) is 0.0711. The maximum Gasteiger partial charge on any atom is 0.222 e. The van der Waals surface area contributed by atoms with Crippen molar-refractivity contribution in [1.29, 1.82) is 0 Å². The third-order valence-electron chi connectivity index (χ3n) is 2.75. The predicted octanol–water partition coefficient (Wildman–Crippen LogP) is 2.79. The Morgan fingerprint density at radius 1 is 1.47 bits per heavy atom. The van der Waals surface area contributed by atoms with E-state index in [1.54, 1.807) is 23.7 Å². The second-order valence-corrected chi connectivity index (χ2v) is 5.73. The van der Waals surface area contributed by atoms with Gasteiger partial charge in [0, 0.05) is 28.8 Å². The highest BCUT2D eigenvalue weighted by Gasteiger charge is 2.11. The fourth-order valence-corrected chi connectivity index (χ4v) is 2.57.